The predicted octanol–water partition coefficient (Wildman–Crippen LogP) is 3.34. The zero-order chi connectivity index (χ0) is 21.8. The van der Waals surface area contributed by atoms with Crippen LogP contribution in [-0.4, -0.2) is 55.1 Å². The first-order valence-electron chi connectivity index (χ1n) is 8.54. The average molecular weight is 432 g/mol. The molecule has 2 aromatic rings. The zero-order valence-corrected chi connectivity index (χ0v) is 16.9. The first kappa shape index (κ1) is 22.5. The summed E-state index contributed by atoms with van der Waals surface area (Å²) in [5.74, 6) is -0.104. The minimum atomic E-state index is -4.60. The number of benzene rings is 1. The Bertz CT molecular complexity index is 879. The summed E-state index contributed by atoms with van der Waals surface area (Å²) >= 11 is 5.65. The molecule has 1 aromatic carbocycles. The van der Waals surface area contributed by atoms with E-state index in [9.17, 15) is 18.0 Å². The third-order valence-electron chi connectivity index (χ3n) is 4.22. The fraction of sp³-hybridized carbons (Fsp3) is 0.389. The first-order valence-corrected chi connectivity index (χ1v) is 8.92. The Kier molecular flexibility index (Phi) is 7.12. The van der Waals surface area contributed by atoms with Crippen LogP contribution < -0.4 is 15.4 Å². The monoisotopic (exact) mass is 431 g/mol. The van der Waals surface area contributed by atoms with Gasteiger partial charge in [-0.1, -0.05) is 0 Å². The van der Waals surface area contributed by atoms with E-state index in [1.807, 2.05) is 0 Å². The first-order chi connectivity index (χ1) is 13.5. The number of ether oxygens (including phenoxy) is 1. The lowest BCUT2D eigenvalue weighted by Crippen LogP contribution is -2.31. The van der Waals surface area contributed by atoms with Gasteiger partial charge in [-0.05, 0) is 36.2 Å². The molecule has 0 saturated carbocycles. The number of halogens is 4. The average Bonchev–Trinajstić information content (AvgIpc) is 2.66. The molecule has 0 aliphatic heterocycles. The fourth-order valence-corrected chi connectivity index (χ4v) is 2.81. The van der Waals surface area contributed by atoms with Crippen molar-refractivity contribution in [2.24, 2.45) is 0 Å². The molecule has 29 heavy (non-hydrogen) atoms. The van der Waals surface area contributed by atoms with E-state index in [4.69, 9.17) is 22.1 Å². The highest BCUT2D eigenvalue weighted by Gasteiger charge is 2.36. The van der Waals surface area contributed by atoms with Crippen molar-refractivity contribution in [1.82, 2.24) is 14.9 Å². The lowest BCUT2D eigenvalue weighted by Gasteiger charge is -2.24. The van der Waals surface area contributed by atoms with E-state index in [0.717, 1.165) is 0 Å². The quantitative estimate of drug-likeness (QED) is 0.534. The van der Waals surface area contributed by atoms with Gasteiger partial charge in [0, 0.05) is 38.9 Å². The van der Waals surface area contributed by atoms with Crippen molar-refractivity contribution in [2.75, 3.05) is 44.9 Å². The van der Waals surface area contributed by atoms with Gasteiger partial charge in [-0.2, -0.15) is 18.2 Å². The summed E-state index contributed by atoms with van der Waals surface area (Å²) in [6.45, 7) is 0.536. The van der Waals surface area contributed by atoms with E-state index >= 15 is 0 Å². The molecule has 0 radical (unpaired) electrons. The third-order valence-corrected chi connectivity index (χ3v) is 4.40. The summed E-state index contributed by atoms with van der Waals surface area (Å²) in [6, 6.07) is 4.71. The van der Waals surface area contributed by atoms with Crippen molar-refractivity contribution < 1.29 is 22.7 Å². The number of aromatic nitrogens is 2. The number of rotatable bonds is 7. The highest BCUT2D eigenvalue weighted by molar-refractivity contribution is 6.28. The van der Waals surface area contributed by atoms with Gasteiger partial charge in [-0.25, -0.2) is 4.98 Å². The van der Waals surface area contributed by atoms with Crippen molar-refractivity contribution in [3.8, 4) is 5.75 Å². The van der Waals surface area contributed by atoms with Gasteiger partial charge in [-0.15, -0.1) is 0 Å². The van der Waals surface area contributed by atoms with E-state index in [2.05, 4.69) is 9.97 Å². The van der Waals surface area contributed by atoms with Gasteiger partial charge >= 0.3 is 6.18 Å². The van der Waals surface area contributed by atoms with Crippen LogP contribution in [0.4, 0.5) is 24.7 Å². The molecule has 2 rings (SSSR count). The SMILES string of the molecule is COc1ccc(C(=O)N(C)CCCN(C)c2nc(Cl)ncc2C(F)(F)F)cc1N. The molecule has 0 spiro atoms. The number of anilines is 2. The summed E-state index contributed by atoms with van der Waals surface area (Å²) in [6.07, 6.45) is -3.54. The Hall–Kier alpha value is -2.75. The van der Waals surface area contributed by atoms with Gasteiger partial charge in [0.1, 0.15) is 17.1 Å². The van der Waals surface area contributed by atoms with Gasteiger partial charge < -0.3 is 20.3 Å². The normalized spacial score (nSPS) is 11.3. The summed E-state index contributed by atoms with van der Waals surface area (Å²) in [5.41, 5.74) is 5.58. The molecule has 0 saturated heterocycles. The molecule has 0 unspecified atom stereocenters. The summed E-state index contributed by atoms with van der Waals surface area (Å²) in [5, 5.41) is -0.274. The molecular weight excluding hydrogens is 411 g/mol. The number of alkyl halides is 3. The molecule has 0 bridgehead atoms. The third kappa shape index (κ3) is 5.63. The molecule has 0 atom stereocenters. The number of nitrogens with two attached hydrogens (primary N) is 1. The zero-order valence-electron chi connectivity index (χ0n) is 16.1. The van der Waals surface area contributed by atoms with E-state index in [1.54, 1.807) is 19.2 Å². The minimum Gasteiger partial charge on any atom is -0.495 e. The lowest BCUT2D eigenvalue weighted by atomic mass is 10.1. The molecule has 0 aliphatic carbocycles. The van der Waals surface area contributed by atoms with E-state index in [0.29, 0.717) is 36.2 Å². The van der Waals surface area contributed by atoms with E-state index < -0.39 is 11.7 Å². The molecule has 158 valence electrons. The van der Waals surface area contributed by atoms with Crippen LogP contribution in [0.2, 0.25) is 5.28 Å². The number of nitrogen functional groups attached to an aromatic ring is 1. The van der Waals surface area contributed by atoms with Crippen molar-refractivity contribution in [3.63, 3.8) is 0 Å². The lowest BCUT2D eigenvalue weighted by molar-refractivity contribution is -0.137. The largest absolute Gasteiger partial charge is 0.495 e. The summed E-state index contributed by atoms with van der Waals surface area (Å²) in [4.78, 5) is 22.4. The molecule has 1 amide bonds. The van der Waals surface area contributed by atoms with Crippen LogP contribution >= 0.6 is 11.6 Å². The maximum absolute atomic E-state index is 13.1. The highest BCUT2D eigenvalue weighted by atomic mass is 35.5. The maximum Gasteiger partial charge on any atom is 0.421 e. The number of methoxy groups -OCH3 is 1. The molecule has 0 fully saturated rings. The molecular formula is C18H21ClF3N5O2. The smallest absolute Gasteiger partial charge is 0.421 e. The standard InChI is InChI=1S/C18H21ClF3N5O2/c1-26(15-12(18(20,21)22)10-24-17(19)25-15)7-4-8-27(2)16(28)11-5-6-14(29-3)13(23)9-11/h5-6,9-10H,4,7-8,23H2,1-3H3. The van der Waals surface area contributed by atoms with Crippen molar-refractivity contribution in [1.29, 1.82) is 0 Å². The van der Waals surface area contributed by atoms with Gasteiger partial charge in [0.15, 0.2) is 0 Å². The number of hydrogen-bond acceptors (Lipinski definition) is 6. The van der Waals surface area contributed by atoms with Crippen LogP contribution in [0.5, 0.6) is 5.75 Å². The minimum absolute atomic E-state index is 0.221. The summed E-state index contributed by atoms with van der Waals surface area (Å²) in [7, 11) is 4.55. The van der Waals surface area contributed by atoms with Gasteiger partial charge in [0.25, 0.3) is 5.91 Å². The van der Waals surface area contributed by atoms with Gasteiger partial charge in [0.05, 0.1) is 12.8 Å². The second kappa shape index (κ2) is 9.17. The maximum atomic E-state index is 13.1. The number of hydrogen-bond donors (Lipinski definition) is 1. The second-order valence-electron chi connectivity index (χ2n) is 6.33. The van der Waals surface area contributed by atoms with E-state index in [-0.39, 0.29) is 23.6 Å². The number of nitrogens with zero attached hydrogens (tertiary/aromatic N) is 4. The van der Waals surface area contributed by atoms with Crippen molar-refractivity contribution in [2.45, 2.75) is 12.6 Å². The number of amides is 1. The van der Waals surface area contributed by atoms with Crippen LogP contribution in [0.15, 0.2) is 24.4 Å². The second-order valence-corrected chi connectivity index (χ2v) is 6.67. The van der Waals surface area contributed by atoms with Crippen molar-refractivity contribution >= 4 is 29.0 Å². The van der Waals surface area contributed by atoms with Crippen LogP contribution in [0.25, 0.3) is 0 Å². The van der Waals surface area contributed by atoms with Crippen LogP contribution in [0, 0.1) is 0 Å². The van der Waals surface area contributed by atoms with Gasteiger partial charge in [0.2, 0.25) is 5.28 Å². The number of carbonyl (C=O) groups excluding carboxylic acids is 1. The summed E-state index contributed by atoms with van der Waals surface area (Å²) < 4.78 is 44.5. The Labute approximate surface area is 171 Å². The topological polar surface area (TPSA) is 84.6 Å². The molecule has 7 nitrogen and oxygen atoms in total. The Balaban J connectivity index is 2.00. The molecule has 0 aliphatic rings. The predicted molar refractivity (Wildman–Crippen MR) is 104 cm³/mol. The molecule has 1 aromatic heterocycles. The van der Waals surface area contributed by atoms with Gasteiger partial charge in [-0.3, -0.25) is 4.79 Å². The Morgan fingerprint density at radius 1 is 1.28 bits per heavy atom. The van der Waals surface area contributed by atoms with Crippen molar-refractivity contribution in [3.05, 3.63) is 40.8 Å². The van der Waals surface area contributed by atoms with E-state index in [1.165, 1.54) is 30.0 Å². The molecule has 2 N–H and O–H groups in total. The number of carbonyl (C=O) groups is 1. The fourth-order valence-electron chi connectivity index (χ4n) is 2.68. The van der Waals surface area contributed by atoms with Crippen LogP contribution in [0.1, 0.15) is 22.3 Å². The van der Waals surface area contributed by atoms with Crippen LogP contribution in [-0.2, 0) is 6.18 Å². The Morgan fingerprint density at radius 2 is 1.97 bits per heavy atom. The Morgan fingerprint density at radius 3 is 2.55 bits per heavy atom. The van der Waals surface area contributed by atoms with Crippen LogP contribution in [0.3, 0.4) is 0 Å². The highest BCUT2D eigenvalue weighted by Crippen LogP contribution is 2.35. The molecule has 1 heterocycles. The molecule has 11 heteroatoms.